The van der Waals surface area contributed by atoms with Crippen LogP contribution in [0.1, 0.15) is 11.3 Å². The predicted octanol–water partition coefficient (Wildman–Crippen LogP) is 2.45. The maximum Gasteiger partial charge on any atom is 0.251 e. The molecular formula is C12H12BrN3OS. The van der Waals surface area contributed by atoms with Gasteiger partial charge in [-0.1, -0.05) is 33.8 Å². The molecule has 0 spiro atoms. The minimum Gasteiger partial charge on any atom is -0.326 e. The van der Waals surface area contributed by atoms with E-state index in [9.17, 15) is 4.79 Å². The zero-order chi connectivity index (χ0) is 13.1. The van der Waals surface area contributed by atoms with Gasteiger partial charge in [0.1, 0.15) is 0 Å². The molecule has 1 heterocycles. The molecule has 6 heteroatoms. The maximum absolute atomic E-state index is 11.3. The molecule has 0 unspecified atom stereocenters. The van der Waals surface area contributed by atoms with E-state index in [1.165, 1.54) is 17.8 Å². The fourth-order valence-corrected chi connectivity index (χ4v) is 3.04. The van der Waals surface area contributed by atoms with Gasteiger partial charge in [0.05, 0.1) is 0 Å². The first-order valence-corrected chi connectivity index (χ1v) is 6.94. The Labute approximate surface area is 117 Å². The highest BCUT2D eigenvalue weighted by Crippen LogP contribution is 2.28. The van der Waals surface area contributed by atoms with Crippen LogP contribution < -0.4 is 11.3 Å². The Morgan fingerprint density at radius 3 is 2.83 bits per heavy atom. The van der Waals surface area contributed by atoms with Crippen molar-refractivity contribution in [3.63, 3.8) is 0 Å². The zero-order valence-corrected chi connectivity index (χ0v) is 12.1. The molecule has 0 saturated heterocycles. The molecule has 3 N–H and O–H groups in total. The minimum atomic E-state index is -0.136. The summed E-state index contributed by atoms with van der Waals surface area (Å²) in [7, 11) is 0. The third kappa shape index (κ3) is 3.22. The average Bonchev–Trinajstić information content (AvgIpc) is 2.27. The number of hydrogen-bond donors (Lipinski definition) is 2. The third-order valence-corrected chi connectivity index (χ3v) is 3.92. The smallest absolute Gasteiger partial charge is 0.251 e. The van der Waals surface area contributed by atoms with Crippen molar-refractivity contribution in [1.82, 2.24) is 9.97 Å². The normalized spacial score (nSPS) is 10.6. The molecule has 0 saturated carbocycles. The van der Waals surface area contributed by atoms with Crippen molar-refractivity contribution in [1.29, 1.82) is 0 Å². The Hall–Kier alpha value is -1.11. The van der Waals surface area contributed by atoms with Gasteiger partial charge in [0.15, 0.2) is 5.16 Å². The summed E-state index contributed by atoms with van der Waals surface area (Å²) in [4.78, 5) is 19.3. The number of nitrogens with two attached hydrogens (primary N) is 1. The largest absolute Gasteiger partial charge is 0.326 e. The average molecular weight is 326 g/mol. The number of halogens is 1. The molecule has 2 rings (SSSR count). The minimum absolute atomic E-state index is 0.136. The summed E-state index contributed by atoms with van der Waals surface area (Å²) in [6.07, 6.45) is 0. The Morgan fingerprint density at radius 2 is 2.22 bits per heavy atom. The summed E-state index contributed by atoms with van der Waals surface area (Å²) in [5.41, 5.74) is 7.21. The molecule has 18 heavy (non-hydrogen) atoms. The third-order valence-electron chi connectivity index (χ3n) is 2.31. The summed E-state index contributed by atoms with van der Waals surface area (Å²) in [6, 6.07) is 7.35. The molecule has 0 fully saturated rings. The van der Waals surface area contributed by atoms with Crippen molar-refractivity contribution in [3.8, 4) is 0 Å². The quantitative estimate of drug-likeness (QED) is 0.850. The van der Waals surface area contributed by atoms with Gasteiger partial charge in [-0.05, 0) is 24.6 Å². The maximum atomic E-state index is 11.3. The topological polar surface area (TPSA) is 71.8 Å². The van der Waals surface area contributed by atoms with Gasteiger partial charge in [-0.3, -0.25) is 4.79 Å². The van der Waals surface area contributed by atoms with Crippen molar-refractivity contribution in [2.24, 2.45) is 5.73 Å². The highest BCUT2D eigenvalue weighted by Gasteiger charge is 2.04. The van der Waals surface area contributed by atoms with Crippen LogP contribution in [-0.4, -0.2) is 9.97 Å². The van der Waals surface area contributed by atoms with Crippen LogP contribution in [-0.2, 0) is 6.54 Å². The van der Waals surface area contributed by atoms with E-state index < -0.39 is 0 Å². The molecule has 0 aliphatic rings. The molecule has 0 radical (unpaired) electrons. The fourth-order valence-electron chi connectivity index (χ4n) is 1.47. The first-order valence-electron chi connectivity index (χ1n) is 5.33. The van der Waals surface area contributed by atoms with Gasteiger partial charge >= 0.3 is 0 Å². The SMILES string of the molecule is Cc1cc(=O)[nH]c(Sc2ccc(CN)c(Br)c2)n1. The highest BCUT2D eigenvalue weighted by molar-refractivity contribution is 9.10. The van der Waals surface area contributed by atoms with Crippen molar-refractivity contribution in [3.05, 3.63) is 50.3 Å². The predicted molar refractivity (Wildman–Crippen MR) is 75.8 cm³/mol. The van der Waals surface area contributed by atoms with E-state index in [0.717, 1.165) is 14.9 Å². The van der Waals surface area contributed by atoms with E-state index in [1.807, 2.05) is 18.2 Å². The van der Waals surface area contributed by atoms with E-state index in [-0.39, 0.29) is 5.56 Å². The number of nitrogens with one attached hydrogen (secondary N) is 1. The van der Waals surface area contributed by atoms with Crippen LogP contribution in [0.15, 0.2) is 43.6 Å². The molecular weight excluding hydrogens is 314 g/mol. The van der Waals surface area contributed by atoms with Gasteiger partial charge in [-0.15, -0.1) is 0 Å². The number of rotatable bonds is 3. The molecule has 2 aromatic rings. The van der Waals surface area contributed by atoms with Crippen LogP contribution in [0.5, 0.6) is 0 Å². The van der Waals surface area contributed by atoms with E-state index in [1.54, 1.807) is 6.92 Å². The lowest BCUT2D eigenvalue weighted by atomic mass is 10.2. The standard InChI is InChI=1S/C12H12BrN3OS/c1-7-4-11(17)16-12(15-7)18-9-3-2-8(6-14)10(13)5-9/h2-5H,6,14H2,1H3,(H,15,16,17). The molecule has 4 nitrogen and oxygen atoms in total. The first-order chi connectivity index (χ1) is 8.58. The van der Waals surface area contributed by atoms with Gasteiger partial charge in [0.25, 0.3) is 5.56 Å². The Balaban J connectivity index is 2.28. The summed E-state index contributed by atoms with van der Waals surface area (Å²) < 4.78 is 0.963. The summed E-state index contributed by atoms with van der Waals surface area (Å²) in [6.45, 7) is 2.29. The van der Waals surface area contributed by atoms with Gasteiger partial charge < -0.3 is 10.7 Å². The lowest BCUT2D eigenvalue weighted by Crippen LogP contribution is -2.07. The summed E-state index contributed by atoms with van der Waals surface area (Å²) in [5.74, 6) is 0. The van der Waals surface area contributed by atoms with Crippen molar-refractivity contribution >= 4 is 27.7 Å². The first kappa shape index (κ1) is 13.3. The van der Waals surface area contributed by atoms with E-state index in [0.29, 0.717) is 17.4 Å². The second-order valence-corrected chi connectivity index (χ2v) is 5.67. The molecule has 0 aliphatic heterocycles. The molecule has 0 aliphatic carbocycles. The zero-order valence-electron chi connectivity index (χ0n) is 9.74. The molecule has 1 aromatic heterocycles. The lowest BCUT2D eigenvalue weighted by Gasteiger charge is -2.05. The van der Waals surface area contributed by atoms with Crippen LogP contribution in [0.2, 0.25) is 0 Å². The molecule has 0 atom stereocenters. The van der Waals surface area contributed by atoms with Crippen molar-refractivity contribution in [2.45, 2.75) is 23.5 Å². The number of aromatic nitrogens is 2. The van der Waals surface area contributed by atoms with Crippen LogP contribution in [0, 0.1) is 6.92 Å². The Kier molecular flexibility index (Phi) is 4.21. The van der Waals surface area contributed by atoms with Crippen LogP contribution >= 0.6 is 27.7 Å². The summed E-state index contributed by atoms with van der Waals surface area (Å²) >= 11 is 4.88. The van der Waals surface area contributed by atoms with Gasteiger partial charge in [0, 0.05) is 27.7 Å². The number of H-pyrrole nitrogens is 1. The monoisotopic (exact) mass is 325 g/mol. The van der Waals surface area contributed by atoms with Crippen molar-refractivity contribution < 1.29 is 0 Å². The number of aryl methyl sites for hydroxylation is 1. The van der Waals surface area contributed by atoms with E-state index in [4.69, 9.17) is 5.73 Å². The van der Waals surface area contributed by atoms with Gasteiger partial charge in [-0.25, -0.2) is 4.98 Å². The van der Waals surface area contributed by atoms with E-state index in [2.05, 4.69) is 25.9 Å². The van der Waals surface area contributed by atoms with Gasteiger partial charge in [0.2, 0.25) is 0 Å². The number of benzene rings is 1. The Bertz CT molecular complexity index is 627. The van der Waals surface area contributed by atoms with Crippen LogP contribution in [0.4, 0.5) is 0 Å². The number of hydrogen-bond acceptors (Lipinski definition) is 4. The fraction of sp³-hybridized carbons (Fsp3) is 0.167. The summed E-state index contributed by atoms with van der Waals surface area (Å²) in [5, 5.41) is 0.590. The molecule has 0 bridgehead atoms. The molecule has 94 valence electrons. The van der Waals surface area contributed by atoms with Crippen LogP contribution in [0.25, 0.3) is 0 Å². The second kappa shape index (κ2) is 5.69. The highest BCUT2D eigenvalue weighted by atomic mass is 79.9. The molecule has 0 amide bonds. The van der Waals surface area contributed by atoms with E-state index >= 15 is 0 Å². The van der Waals surface area contributed by atoms with Crippen LogP contribution in [0.3, 0.4) is 0 Å². The second-order valence-electron chi connectivity index (χ2n) is 3.75. The Morgan fingerprint density at radius 1 is 1.44 bits per heavy atom. The number of nitrogens with zero attached hydrogens (tertiary/aromatic N) is 1. The van der Waals surface area contributed by atoms with Crippen molar-refractivity contribution in [2.75, 3.05) is 0 Å². The number of aromatic amines is 1. The lowest BCUT2D eigenvalue weighted by molar-refractivity contribution is 0.905. The van der Waals surface area contributed by atoms with Gasteiger partial charge in [-0.2, -0.15) is 0 Å². The molecule has 1 aromatic carbocycles.